The van der Waals surface area contributed by atoms with Crippen LogP contribution in [0.4, 0.5) is 5.69 Å². The number of hydrogen-bond donors (Lipinski definition) is 1. The number of nitrogens with zero attached hydrogens (tertiary/aromatic N) is 2. The molecule has 0 saturated carbocycles. The number of hydrogen-bond acceptors (Lipinski definition) is 4. The van der Waals surface area contributed by atoms with E-state index >= 15 is 0 Å². The van der Waals surface area contributed by atoms with E-state index in [9.17, 15) is 5.11 Å². The molecule has 3 rings (SSSR count). The van der Waals surface area contributed by atoms with Crippen molar-refractivity contribution in [3.05, 3.63) is 58.9 Å². The zero-order valence-electron chi connectivity index (χ0n) is 11.4. The highest BCUT2D eigenvalue weighted by Crippen LogP contribution is 2.22. The molecule has 1 N–H and O–H groups in total. The molecule has 0 radical (unpaired) electrons. The number of anilines is 1. The van der Waals surface area contributed by atoms with Crippen LogP contribution in [-0.4, -0.2) is 23.2 Å². The summed E-state index contributed by atoms with van der Waals surface area (Å²) >= 11 is 3.42. The number of aliphatic hydroxyl groups excluding tert-OH is 1. The van der Waals surface area contributed by atoms with Crippen molar-refractivity contribution in [3.63, 3.8) is 0 Å². The largest absolute Gasteiger partial charge is 0.439 e. The van der Waals surface area contributed by atoms with Gasteiger partial charge in [-0.1, -0.05) is 28.1 Å². The Balaban J connectivity index is 1.85. The molecule has 0 saturated heterocycles. The van der Waals surface area contributed by atoms with Crippen LogP contribution in [0.15, 0.2) is 57.4 Å². The number of oxazole rings is 1. The van der Waals surface area contributed by atoms with Gasteiger partial charge in [-0.15, -0.1) is 0 Å². The van der Waals surface area contributed by atoms with Crippen molar-refractivity contribution >= 4 is 32.7 Å². The van der Waals surface area contributed by atoms with Crippen LogP contribution in [0, 0.1) is 0 Å². The molecule has 21 heavy (non-hydrogen) atoms. The van der Waals surface area contributed by atoms with Crippen LogP contribution in [0.5, 0.6) is 0 Å². The third kappa shape index (κ3) is 3.25. The Bertz CT molecular complexity index is 691. The molecule has 0 aliphatic carbocycles. The Hall–Kier alpha value is -1.85. The summed E-state index contributed by atoms with van der Waals surface area (Å²) in [7, 11) is 0. The quantitative estimate of drug-likeness (QED) is 0.766. The fourth-order valence-corrected chi connectivity index (χ4v) is 2.49. The molecular weight excluding hydrogens is 332 g/mol. The maximum absolute atomic E-state index is 9.27. The fraction of sp³-hybridized carbons (Fsp3) is 0.188. The van der Waals surface area contributed by atoms with E-state index in [1.165, 1.54) is 0 Å². The summed E-state index contributed by atoms with van der Waals surface area (Å²) < 4.78 is 6.77. The SMILES string of the molecule is OCCN(Cc1nc2ccccc2o1)c1ccc(Br)cc1. The predicted molar refractivity (Wildman–Crippen MR) is 86.3 cm³/mol. The molecule has 4 nitrogen and oxygen atoms in total. The van der Waals surface area contributed by atoms with Crippen molar-refractivity contribution < 1.29 is 9.52 Å². The lowest BCUT2D eigenvalue weighted by atomic mass is 10.3. The Morgan fingerprint density at radius 3 is 2.57 bits per heavy atom. The van der Waals surface area contributed by atoms with Gasteiger partial charge in [0.15, 0.2) is 5.58 Å². The van der Waals surface area contributed by atoms with Gasteiger partial charge in [0.2, 0.25) is 5.89 Å². The van der Waals surface area contributed by atoms with Gasteiger partial charge < -0.3 is 14.4 Å². The smallest absolute Gasteiger partial charge is 0.215 e. The van der Waals surface area contributed by atoms with Gasteiger partial charge in [-0.25, -0.2) is 4.98 Å². The number of aromatic nitrogens is 1. The maximum atomic E-state index is 9.27. The molecule has 0 atom stereocenters. The van der Waals surface area contributed by atoms with Gasteiger partial charge >= 0.3 is 0 Å². The minimum Gasteiger partial charge on any atom is -0.439 e. The second kappa shape index (κ2) is 6.28. The second-order valence-corrected chi connectivity index (χ2v) is 5.61. The molecule has 2 aromatic carbocycles. The monoisotopic (exact) mass is 346 g/mol. The van der Waals surface area contributed by atoms with Gasteiger partial charge in [0, 0.05) is 16.7 Å². The number of para-hydroxylation sites is 2. The third-order valence-electron chi connectivity index (χ3n) is 3.23. The third-order valence-corrected chi connectivity index (χ3v) is 3.75. The lowest BCUT2D eigenvalue weighted by Gasteiger charge is -2.22. The Kier molecular flexibility index (Phi) is 4.22. The Morgan fingerprint density at radius 2 is 1.86 bits per heavy atom. The van der Waals surface area contributed by atoms with E-state index in [-0.39, 0.29) is 6.61 Å². The summed E-state index contributed by atoms with van der Waals surface area (Å²) in [5.74, 6) is 0.646. The zero-order chi connectivity index (χ0) is 14.7. The van der Waals surface area contributed by atoms with Crippen LogP contribution < -0.4 is 4.90 Å². The molecule has 0 bridgehead atoms. The van der Waals surface area contributed by atoms with E-state index in [0.717, 1.165) is 21.3 Å². The molecule has 5 heteroatoms. The molecule has 0 fully saturated rings. The van der Waals surface area contributed by atoms with Crippen LogP contribution in [0.25, 0.3) is 11.1 Å². The average Bonchev–Trinajstić information content (AvgIpc) is 2.90. The van der Waals surface area contributed by atoms with Crippen LogP contribution in [0.2, 0.25) is 0 Å². The molecule has 1 aromatic heterocycles. The summed E-state index contributed by atoms with van der Waals surface area (Å²) in [6, 6.07) is 15.7. The van der Waals surface area contributed by atoms with Crippen LogP contribution in [0.1, 0.15) is 5.89 Å². The van der Waals surface area contributed by atoms with Crippen molar-refractivity contribution in [2.75, 3.05) is 18.1 Å². The van der Waals surface area contributed by atoms with Crippen molar-refractivity contribution in [3.8, 4) is 0 Å². The first kappa shape index (κ1) is 14.1. The standard InChI is InChI=1S/C16H15BrN2O2/c17-12-5-7-13(8-6-12)19(9-10-20)11-16-18-14-3-1-2-4-15(14)21-16/h1-8,20H,9-11H2. The van der Waals surface area contributed by atoms with E-state index in [2.05, 4.69) is 20.9 Å². The van der Waals surface area contributed by atoms with Gasteiger partial charge in [-0.2, -0.15) is 0 Å². The van der Waals surface area contributed by atoms with Gasteiger partial charge in [0.1, 0.15) is 5.52 Å². The highest BCUT2D eigenvalue weighted by molar-refractivity contribution is 9.10. The fourth-order valence-electron chi connectivity index (χ4n) is 2.22. The highest BCUT2D eigenvalue weighted by Gasteiger charge is 2.12. The number of halogens is 1. The predicted octanol–water partition coefficient (Wildman–Crippen LogP) is 3.59. The average molecular weight is 347 g/mol. The molecule has 0 amide bonds. The number of benzene rings is 2. The second-order valence-electron chi connectivity index (χ2n) is 4.70. The first-order chi connectivity index (χ1) is 10.3. The van der Waals surface area contributed by atoms with Gasteiger partial charge in [-0.3, -0.25) is 0 Å². The summed E-state index contributed by atoms with van der Waals surface area (Å²) in [4.78, 5) is 6.52. The normalized spacial score (nSPS) is 11.0. The lowest BCUT2D eigenvalue weighted by molar-refractivity contribution is 0.300. The van der Waals surface area contributed by atoms with Gasteiger partial charge in [-0.05, 0) is 36.4 Å². The van der Waals surface area contributed by atoms with E-state index in [1.54, 1.807) is 0 Å². The molecule has 3 aromatic rings. The summed E-state index contributed by atoms with van der Waals surface area (Å²) in [6.45, 7) is 1.13. The first-order valence-corrected chi connectivity index (χ1v) is 7.51. The van der Waals surface area contributed by atoms with E-state index in [0.29, 0.717) is 19.0 Å². The van der Waals surface area contributed by atoms with Crippen LogP contribution >= 0.6 is 15.9 Å². The first-order valence-electron chi connectivity index (χ1n) is 6.72. The summed E-state index contributed by atoms with van der Waals surface area (Å²) in [5, 5.41) is 9.27. The van der Waals surface area contributed by atoms with E-state index in [4.69, 9.17) is 4.42 Å². The van der Waals surface area contributed by atoms with Crippen molar-refractivity contribution in [1.82, 2.24) is 4.98 Å². The van der Waals surface area contributed by atoms with Gasteiger partial charge in [0.05, 0.1) is 13.2 Å². The number of aliphatic hydroxyl groups is 1. The molecule has 0 unspecified atom stereocenters. The molecule has 108 valence electrons. The number of fused-ring (bicyclic) bond motifs is 1. The Morgan fingerprint density at radius 1 is 1.10 bits per heavy atom. The molecule has 0 aliphatic rings. The van der Waals surface area contributed by atoms with Crippen molar-refractivity contribution in [1.29, 1.82) is 0 Å². The summed E-state index contributed by atoms with van der Waals surface area (Å²) in [6.07, 6.45) is 0. The molecule has 0 spiro atoms. The van der Waals surface area contributed by atoms with Gasteiger partial charge in [0.25, 0.3) is 0 Å². The maximum Gasteiger partial charge on any atom is 0.215 e. The van der Waals surface area contributed by atoms with E-state index in [1.807, 2.05) is 53.4 Å². The molecule has 1 heterocycles. The minimum atomic E-state index is 0.0797. The Labute approximate surface area is 131 Å². The van der Waals surface area contributed by atoms with Crippen LogP contribution in [0.3, 0.4) is 0 Å². The molecule has 0 aliphatic heterocycles. The summed E-state index contributed by atoms with van der Waals surface area (Å²) in [5.41, 5.74) is 2.66. The van der Waals surface area contributed by atoms with Crippen LogP contribution in [-0.2, 0) is 6.54 Å². The van der Waals surface area contributed by atoms with E-state index < -0.39 is 0 Å². The topological polar surface area (TPSA) is 49.5 Å². The van der Waals surface area contributed by atoms with Crippen molar-refractivity contribution in [2.45, 2.75) is 6.54 Å². The molecular formula is C16H15BrN2O2. The van der Waals surface area contributed by atoms with Crippen molar-refractivity contribution in [2.24, 2.45) is 0 Å². The number of rotatable bonds is 5. The lowest BCUT2D eigenvalue weighted by Crippen LogP contribution is -2.26. The minimum absolute atomic E-state index is 0.0797. The zero-order valence-corrected chi connectivity index (χ0v) is 13.0. The highest BCUT2D eigenvalue weighted by atomic mass is 79.9.